The molecule has 7 nitrogen and oxygen atoms in total. The third-order valence-corrected chi connectivity index (χ3v) is 4.74. The Morgan fingerprint density at radius 2 is 2.04 bits per heavy atom. The van der Waals surface area contributed by atoms with Crippen molar-refractivity contribution >= 4 is 11.9 Å². The predicted molar refractivity (Wildman–Crippen MR) is 105 cm³/mol. The smallest absolute Gasteiger partial charge is 0.223 e. The summed E-state index contributed by atoms with van der Waals surface area (Å²) >= 11 is 0. The minimum absolute atomic E-state index is 0.123. The van der Waals surface area contributed by atoms with Crippen molar-refractivity contribution in [3.8, 4) is 5.75 Å². The van der Waals surface area contributed by atoms with E-state index in [1.165, 1.54) is 5.56 Å². The summed E-state index contributed by atoms with van der Waals surface area (Å²) in [6, 6.07) is 6.23. The summed E-state index contributed by atoms with van der Waals surface area (Å²) in [5.41, 5.74) is 2.25. The van der Waals surface area contributed by atoms with E-state index in [-0.39, 0.29) is 17.9 Å². The quantitative estimate of drug-likeness (QED) is 0.363. The van der Waals surface area contributed by atoms with Crippen LogP contribution >= 0.6 is 0 Å². The summed E-state index contributed by atoms with van der Waals surface area (Å²) in [6.45, 7) is 5.31. The van der Waals surface area contributed by atoms with Gasteiger partial charge in [0, 0.05) is 44.6 Å². The molecule has 1 saturated heterocycles. The van der Waals surface area contributed by atoms with Gasteiger partial charge in [-0.25, -0.2) is 0 Å². The number of nitrogens with zero attached hydrogens (tertiary/aromatic N) is 1. The minimum Gasteiger partial charge on any atom is -0.488 e. The Morgan fingerprint density at radius 3 is 2.74 bits per heavy atom. The summed E-state index contributed by atoms with van der Waals surface area (Å²) in [5, 5.41) is 9.47. The fourth-order valence-electron chi connectivity index (χ4n) is 2.96. The molecule has 0 bridgehead atoms. The van der Waals surface area contributed by atoms with E-state index in [4.69, 9.17) is 9.47 Å². The average molecular weight is 374 g/mol. The van der Waals surface area contributed by atoms with E-state index in [2.05, 4.69) is 46.1 Å². The first-order valence-electron chi connectivity index (χ1n) is 9.72. The molecular weight excluding hydrogens is 344 g/mol. The molecule has 3 N–H and O–H groups in total. The number of guanidine groups is 1. The van der Waals surface area contributed by atoms with E-state index >= 15 is 0 Å². The van der Waals surface area contributed by atoms with Crippen molar-refractivity contribution in [2.24, 2.45) is 10.9 Å². The third-order valence-electron chi connectivity index (χ3n) is 4.74. The van der Waals surface area contributed by atoms with Crippen molar-refractivity contribution in [1.29, 1.82) is 0 Å². The molecule has 0 aromatic heterocycles. The first kappa shape index (κ1) is 19.5. The summed E-state index contributed by atoms with van der Waals surface area (Å²) in [4.78, 5) is 15.9. The third kappa shape index (κ3) is 6.13. The molecule has 148 valence electrons. The topological polar surface area (TPSA) is 84.0 Å². The number of hydrogen-bond donors (Lipinski definition) is 3. The van der Waals surface area contributed by atoms with Crippen LogP contribution in [-0.2, 0) is 16.1 Å². The molecular formula is C20H30N4O3. The van der Waals surface area contributed by atoms with Gasteiger partial charge in [0.25, 0.3) is 0 Å². The van der Waals surface area contributed by atoms with Crippen LogP contribution in [0.2, 0.25) is 0 Å². The molecule has 0 spiro atoms. The van der Waals surface area contributed by atoms with Crippen LogP contribution in [0.25, 0.3) is 0 Å². The zero-order chi connectivity index (χ0) is 19.1. The number of aryl methyl sites for hydroxylation is 1. The Kier molecular flexibility index (Phi) is 6.92. The maximum absolute atomic E-state index is 11.6. The van der Waals surface area contributed by atoms with Crippen LogP contribution in [0, 0.1) is 12.8 Å². The van der Waals surface area contributed by atoms with Gasteiger partial charge in [-0.1, -0.05) is 12.1 Å². The van der Waals surface area contributed by atoms with Gasteiger partial charge in [-0.3, -0.25) is 9.79 Å². The van der Waals surface area contributed by atoms with E-state index in [1.807, 2.05) is 0 Å². The molecule has 2 aliphatic rings. The number of carbonyl (C=O) groups is 1. The lowest BCUT2D eigenvalue weighted by molar-refractivity contribution is -0.122. The molecule has 1 saturated carbocycles. The van der Waals surface area contributed by atoms with Gasteiger partial charge in [0.05, 0.1) is 13.2 Å². The normalized spacial score (nSPS) is 19.6. The van der Waals surface area contributed by atoms with Gasteiger partial charge in [0.1, 0.15) is 11.9 Å². The lowest BCUT2D eigenvalue weighted by atomic mass is 10.1. The maximum atomic E-state index is 11.6. The fourth-order valence-corrected chi connectivity index (χ4v) is 2.96. The standard InChI is InChI=1S/C20H30N4O3/c1-14-3-4-16(18(11-14)27-17-7-10-26-13-17)12-24-20(21-2)23-9-8-22-19(25)15-5-6-15/h3-4,11,15,17H,5-10,12-13H2,1-2H3,(H,22,25)(H2,21,23,24). The second kappa shape index (κ2) is 9.60. The number of aliphatic imine (C=N–C) groups is 1. The van der Waals surface area contributed by atoms with Crippen molar-refractivity contribution in [2.75, 3.05) is 33.4 Å². The van der Waals surface area contributed by atoms with Crippen molar-refractivity contribution < 1.29 is 14.3 Å². The SMILES string of the molecule is CN=C(NCCNC(=O)C1CC1)NCc1ccc(C)cc1OC1CCOC1. The maximum Gasteiger partial charge on any atom is 0.223 e. The molecule has 1 aliphatic heterocycles. The summed E-state index contributed by atoms with van der Waals surface area (Å²) in [6.07, 6.45) is 3.10. The molecule has 2 fully saturated rings. The summed E-state index contributed by atoms with van der Waals surface area (Å²) < 4.78 is 11.5. The van der Waals surface area contributed by atoms with Crippen molar-refractivity contribution in [2.45, 2.75) is 38.8 Å². The highest BCUT2D eigenvalue weighted by atomic mass is 16.5. The minimum atomic E-state index is 0.123. The van der Waals surface area contributed by atoms with Crippen LogP contribution in [0.5, 0.6) is 5.75 Å². The zero-order valence-electron chi connectivity index (χ0n) is 16.2. The van der Waals surface area contributed by atoms with Gasteiger partial charge in [0.15, 0.2) is 5.96 Å². The Morgan fingerprint density at radius 1 is 1.22 bits per heavy atom. The number of ether oxygens (including phenoxy) is 2. The van der Waals surface area contributed by atoms with E-state index in [0.717, 1.165) is 37.2 Å². The highest BCUT2D eigenvalue weighted by molar-refractivity contribution is 5.81. The summed E-state index contributed by atoms with van der Waals surface area (Å²) in [5.74, 6) is 2.00. The molecule has 0 radical (unpaired) electrons. The predicted octanol–water partition coefficient (Wildman–Crippen LogP) is 1.35. The number of amides is 1. The van der Waals surface area contributed by atoms with E-state index in [1.54, 1.807) is 7.05 Å². The van der Waals surface area contributed by atoms with Gasteiger partial charge >= 0.3 is 0 Å². The fraction of sp³-hybridized carbons (Fsp3) is 0.600. The lowest BCUT2D eigenvalue weighted by Crippen LogP contribution is -2.41. The highest BCUT2D eigenvalue weighted by Crippen LogP contribution is 2.28. The van der Waals surface area contributed by atoms with Crippen LogP contribution in [0.15, 0.2) is 23.2 Å². The Hall–Kier alpha value is -2.28. The molecule has 1 aromatic rings. The molecule has 1 aromatic carbocycles. The molecule has 7 heteroatoms. The van der Waals surface area contributed by atoms with Crippen molar-refractivity contribution in [1.82, 2.24) is 16.0 Å². The number of carbonyl (C=O) groups excluding carboxylic acids is 1. The van der Waals surface area contributed by atoms with Gasteiger partial charge in [-0.05, 0) is 31.4 Å². The van der Waals surface area contributed by atoms with E-state index in [0.29, 0.717) is 32.2 Å². The van der Waals surface area contributed by atoms with Crippen LogP contribution in [0.1, 0.15) is 30.4 Å². The molecule has 1 atom stereocenters. The van der Waals surface area contributed by atoms with Gasteiger partial charge in [-0.2, -0.15) is 0 Å². The van der Waals surface area contributed by atoms with Crippen molar-refractivity contribution in [3.05, 3.63) is 29.3 Å². The second-order valence-corrected chi connectivity index (χ2v) is 7.13. The molecule has 27 heavy (non-hydrogen) atoms. The molecule has 3 rings (SSSR count). The van der Waals surface area contributed by atoms with E-state index in [9.17, 15) is 4.79 Å². The lowest BCUT2D eigenvalue weighted by Gasteiger charge is -2.18. The Bertz CT molecular complexity index is 667. The largest absolute Gasteiger partial charge is 0.488 e. The van der Waals surface area contributed by atoms with Gasteiger partial charge < -0.3 is 25.4 Å². The number of benzene rings is 1. The first-order valence-corrected chi connectivity index (χ1v) is 9.72. The molecule has 1 unspecified atom stereocenters. The number of nitrogens with one attached hydrogen (secondary N) is 3. The first-order chi connectivity index (χ1) is 13.2. The van der Waals surface area contributed by atoms with Crippen LogP contribution < -0.4 is 20.7 Å². The van der Waals surface area contributed by atoms with Crippen molar-refractivity contribution in [3.63, 3.8) is 0 Å². The number of rotatable bonds is 8. The molecule has 1 aliphatic carbocycles. The monoisotopic (exact) mass is 374 g/mol. The number of hydrogen-bond acceptors (Lipinski definition) is 4. The zero-order valence-corrected chi connectivity index (χ0v) is 16.2. The van der Waals surface area contributed by atoms with Gasteiger partial charge in [0.2, 0.25) is 5.91 Å². The van der Waals surface area contributed by atoms with Crippen LogP contribution in [0.4, 0.5) is 0 Å². The van der Waals surface area contributed by atoms with E-state index < -0.39 is 0 Å². The second-order valence-electron chi connectivity index (χ2n) is 7.13. The Labute approximate surface area is 160 Å². The highest BCUT2D eigenvalue weighted by Gasteiger charge is 2.29. The summed E-state index contributed by atoms with van der Waals surface area (Å²) in [7, 11) is 1.74. The van der Waals surface area contributed by atoms with Gasteiger partial charge in [-0.15, -0.1) is 0 Å². The molecule has 1 amide bonds. The Balaban J connectivity index is 1.46. The average Bonchev–Trinajstić information content (AvgIpc) is 3.40. The molecule has 1 heterocycles. The van der Waals surface area contributed by atoms with Crippen LogP contribution in [-0.4, -0.2) is 51.3 Å². The van der Waals surface area contributed by atoms with Crippen LogP contribution in [0.3, 0.4) is 0 Å².